The molecule has 0 aliphatic heterocycles. The third-order valence-electron chi connectivity index (χ3n) is 4.99. The van der Waals surface area contributed by atoms with E-state index in [2.05, 4.69) is 10.3 Å². The minimum absolute atomic E-state index is 0.00652. The summed E-state index contributed by atoms with van der Waals surface area (Å²) in [6, 6.07) is 7.82. The minimum atomic E-state index is -3.43. The number of benzene rings is 1. The summed E-state index contributed by atoms with van der Waals surface area (Å²) in [5.74, 6) is -0.244. The fourth-order valence-electron chi connectivity index (χ4n) is 3.90. The molecule has 0 atom stereocenters. The van der Waals surface area contributed by atoms with Gasteiger partial charge in [0.1, 0.15) is 16.6 Å². The number of sulfone groups is 1. The molecule has 2 aromatic heterocycles. The van der Waals surface area contributed by atoms with Gasteiger partial charge in [-0.3, -0.25) is 4.79 Å². The number of aromatic amines is 1. The first-order valence-corrected chi connectivity index (χ1v) is 12.6. The van der Waals surface area contributed by atoms with E-state index in [-0.39, 0.29) is 11.7 Å². The van der Waals surface area contributed by atoms with Crippen molar-refractivity contribution in [2.24, 2.45) is 5.92 Å². The van der Waals surface area contributed by atoms with E-state index in [1.165, 1.54) is 10.4 Å². The lowest BCUT2D eigenvalue weighted by atomic mass is 9.95. The quantitative estimate of drug-likeness (QED) is 0.612. The Bertz CT molecular complexity index is 1130. The van der Waals surface area contributed by atoms with Crippen molar-refractivity contribution in [3.05, 3.63) is 34.7 Å². The number of carbonyl (C=O) groups excluding carboxylic acids is 1. The highest BCUT2D eigenvalue weighted by Crippen LogP contribution is 2.43. The van der Waals surface area contributed by atoms with Crippen molar-refractivity contribution in [3.8, 4) is 11.4 Å². The summed E-state index contributed by atoms with van der Waals surface area (Å²) in [6.07, 6.45) is 4.16. The lowest BCUT2D eigenvalue weighted by Crippen LogP contribution is -2.26. The van der Waals surface area contributed by atoms with Gasteiger partial charge in [-0.2, -0.15) is 0 Å². The summed E-state index contributed by atoms with van der Waals surface area (Å²) < 4.78 is 24.5. The summed E-state index contributed by atoms with van der Waals surface area (Å²) >= 11 is 1.55. The zero-order chi connectivity index (χ0) is 20.6. The first-order chi connectivity index (χ1) is 13.8. The van der Waals surface area contributed by atoms with Gasteiger partial charge >= 0.3 is 0 Å². The second-order valence-corrected chi connectivity index (χ2v) is 11.2. The van der Waals surface area contributed by atoms with Crippen LogP contribution in [0.3, 0.4) is 0 Å². The van der Waals surface area contributed by atoms with Gasteiger partial charge in [0, 0.05) is 4.88 Å². The minimum Gasteiger partial charge on any atom is -0.338 e. The molecule has 0 fully saturated rings. The number of amides is 1. The SMILES string of the molecule is CC(C)CS(=O)(=O)CC(=O)Nc1sc2c(c1-c1nc3ccccc3[nH]1)CCCC2. The van der Waals surface area contributed by atoms with E-state index < -0.39 is 21.5 Å². The number of imidazole rings is 1. The molecule has 1 aliphatic carbocycles. The predicted molar refractivity (Wildman–Crippen MR) is 118 cm³/mol. The average molecular weight is 432 g/mol. The van der Waals surface area contributed by atoms with Gasteiger partial charge in [0.25, 0.3) is 0 Å². The molecular formula is C21H25N3O3S2. The van der Waals surface area contributed by atoms with Crippen molar-refractivity contribution in [1.29, 1.82) is 0 Å². The molecule has 8 heteroatoms. The largest absolute Gasteiger partial charge is 0.338 e. The van der Waals surface area contributed by atoms with Crippen LogP contribution in [0.25, 0.3) is 22.4 Å². The Labute approximate surface area is 174 Å². The number of aryl methyl sites for hydroxylation is 1. The number of hydrogen-bond donors (Lipinski definition) is 2. The van der Waals surface area contributed by atoms with E-state index in [1.54, 1.807) is 11.3 Å². The summed E-state index contributed by atoms with van der Waals surface area (Å²) in [6.45, 7) is 3.67. The molecule has 4 rings (SSSR count). The molecule has 1 amide bonds. The second-order valence-electron chi connectivity index (χ2n) is 8.01. The van der Waals surface area contributed by atoms with Crippen LogP contribution in [0.4, 0.5) is 5.00 Å². The van der Waals surface area contributed by atoms with Gasteiger partial charge in [0.15, 0.2) is 9.84 Å². The van der Waals surface area contributed by atoms with Crippen LogP contribution in [0.5, 0.6) is 0 Å². The fraction of sp³-hybridized carbons (Fsp3) is 0.429. The highest BCUT2D eigenvalue weighted by Gasteiger charge is 2.26. The Balaban J connectivity index is 1.68. The summed E-state index contributed by atoms with van der Waals surface area (Å²) in [5, 5.41) is 3.58. The molecule has 29 heavy (non-hydrogen) atoms. The third-order valence-corrected chi connectivity index (χ3v) is 8.07. The van der Waals surface area contributed by atoms with Gasteiger partial charge in [-0.05, 0) is 49.3 Å². The standard InChI is InChI=1S/C21H25N3O3S2/c1-13(2)11-29(26,27)12-18(25)24-21-19(14-7-3-6-10-17(14)28-21)20-22-15-8-4-5-9-16(15)23-20/h4-5,8-9,13H,3,6-7,10-12H2,1-2H3,(H,22,23)(H,24,25). The zero-order valence-corrected chi connectivity index (χ0v) is 18.3. The van der Waals surface area contributed by atoms with Crippen molar-refractivity contribution in [3.63, 3.8) is 0 Å². The third kappa shape index (κ3) is 4.38. The summed E-state index contributed by atoms with van der Waals surface area (Å²) in [7, 11) is -3.43. The van der Waals surface area contributed by atoms with Crippen molar-refractivity contribution >= 4 is 43.1 Å². The number of fused-ring (bicyclic) bond motifs is 2. The molecule has 1 aliphatic rings. The number of carbonyl (C=O) groups is 1. The van der Waals surface area contributed by atoms with Gasteiger partial charge < -0.3 is 10.3 Å². The van der Waals surface area contributed by atoms with Gasteiger partial charge in [0.2, 0.25) is 5.91 Å². The maximum absolute atomic E-state index is 12.6. The van der Waals surface area contributed by atoms with Gasteiger partial charge in [-0.15, -0.1) is 11.3 Å². The molecule has 6 nitrogen and oxygen atoms in total. The molecule has 2 N–H and O–H groups in total. The van der Waals surface area contributed by atoms with Crippen molar-refractivity contribution in [1.82, 2.24) is 9.97 Å². The number of thiophene rings is 1. The Morgan fingerprint density at radius 1 is 1.24 bits per heavy atom. The Hall–Kier alpha value is -2.19. The van der Waals surface area contributed by atoms with E-state index in [9.17, 15) is 13.2 Å². The van der Waals surface area contributed by atoms with E-state index >= 15 is 0 Å². The second kappa shape index (κ2) is 7.91. The van der Waals surface area contributed by atoms with Gasteiger partial charge in [-0.1, -0.05) is 26.0 Å². The molecule has 2 heterocycles. The number of nitrogens with one attached hydrogen (secondary N) is 2. The van der Waals surface area contributed by atoms with Crippen LogP contribution in [-0.4, -0.2) is 35.8 Å². The molecule has 0 unspecified atom stereocenters. The van der Waals surface area contributed by atoms with Gasteiger partial charge in [-0.25, -0.2) is 13.4 Å². The van der Waals surface area contributed by atoms with Crippen molar-refractivity contribution in [2.75, 3.05) is 16.8 Å². The number of rotatable bonds is 6. The maximum atomic E-state index is 12.6. The molecule has 0 saturated carbocycles. The zero-order valence-electron chi connectivity index (χ0n) is 16.6. The van der Waals surface area contributed by atoms with Crippen LogP contribution in [0, 0.1) is 5.92 Å². The van der Waals surface area contributed by atoms with Crippen molar-refractivity contribution in [2.45, 2.75) is 39.5 Å². The predicted octanol–water partition coefficient (Wildman–Crippen LogP) is 4.18. The fourth-order valence-corrected chi connectivity index (χ4v) is 6.82. The molecule has 3 aromatic rings. The number of nitrogens with zero attached hydrogens (tertiary/aromatic N) is 1. The summed E-state index contributed by atoms with van der Waals surface area (Å²) in [4.78, 5) is 21.9. The number of hydrogen-bond acceptors (Lipinski definition) is 5. The average Bonchev–Trinajstić information content (AvgIpc) is 3.19. The van der Waals surface area contributed by atoms with Gasteiger partial charge in [0.05, 0.1) is 22.3 Å². The lowest BCUT2D eigenvalue weighted by Gasteiger charge is -2.12. The van der Waals surface area contributed by atoms with E-state index in [0.717, 1.165) is 48.1 Å². The topological polar surface area (TPSA) is 91.9 Å². The van der Waals surface area contributed by atoms with Crippen LogP contribution in [0.1, 0.15) is 37.1 Å². The number of aromatic nitrogens is 2. The Kier molecular flexibility index (Phi) is 5.48. The van der Waals surface area contributed by atoms with Crippen LogP contribution in [0.2, 0.25) is 0 Å². The normalized spacial score (nSPS) is 14.3. The maximum Gasteiger partial charge on any atom is 0.240 e. The van der Waals surface area contributed by atoms with Crippen LogP contribution in [-0.2, 0) is 27.5 Å². The Morgan fingerprint density at radius 3 is 2.76 bits per heavy atom. The van der Waals surface area contributed by atoms with E-state index in [4.69, 9.17) is 4.98 Å². The lowest BCUT2D eigenvalue weighted by molar-refractivity contribution is -0.113. The highest BCUT2D eigenvalue weighted by atomic mass is 32.2. The van der Waals surface area contributed by atoms with Crippen LogP contribution < -0.4 is 5.32 Å². The molecule has 1 aromatic carbocycles. The number of anilines is 1. The molecular weight excluding hydrogens is 406 g/mol. The van der Waals surface area contributed by atoms with E-state index in [0.29, 0.717) is 5.00 Å². The molecule has 0 spiro atoms. The molecule has 0 bridgehead atoms. The Morgan fingerprint density at radius 2 is 2.00 bits per heavy atom. The number of para-hydroxylation sites is 2. The smallest absolute Gasteiger partial charge is 0.240 e. The first kappa shape index (κ1) is 20.1. The van der Waals surface area contributed by atoms with Crippen molar-refractivity contribution < 1.29 is 13.2 Å². The summed E-state index contributed by atoms with van der Waals surface area (Å²) in [5.41, 5.74) is 3.95. The number of H-pyrrole nitrogens is 1. The monoisotopic (exact) mass is 431 g/mol. The molecule has 0 radical (unpaired) electrons. The molecule has 0 saturated heterocycles. The van der Waals surface area contributed by atoms with E-state index in [1.807, 2.05) is 38.1 Å². The molecule has 154 valence electrons. The first-order valence-electron chi connectivity index (χ1n) is 9.92. The highest BCUT2D eigenvalue weighted by molar-refractivity contribution is 7.92. The van der Waals surface area contributed by atoms with Crippen LogP contribution >= 0.6 is 11.3 Å². The van der Waals surface area contributed by atoms with Crippen LogP contribution in [0.15, 0.2) is 24.3 Å².